The van der Waals surface area contributed by atoms with Crippen molar-refractivity contribution in [2.75, 3.05) is 10.6 Å². The number of hydrogen-bond donors (Lipinski definition) is 2. The molecule has 0 spiro atoms. The first-order valence-corrected chi connectivity index (χ1v) is 6.55. The molecule has 3 rings (SSSR count). The SMILES string of the molecule is Cc1ccc(Cl)cc1NC1C(=O)Nc2ccc(F)cc21. The standard InChI is InChI=1S/C15H12ClFN2O/c1-8-2-3-9(16)6-13(8)18-14-11-7-10(17)4-5-12(11)19-15(14)20/h2-7,14,18H,1H3,(H,19,20). The average molecular weight is 291 g/mol. The van der Waals surface area contributed by atoms with Gasteiger partial charge < -0.3 is 10.6 Å². The third kappa shape index (κ3) is 2.23. The van der Waals surface area contributed by atoms with Crippen molar-refractivity contribution in [3.05, 3.63) is 58.4 Å². The van der Waals surface area contributed by atoms with Gasteiger partial charge in [0.2, 0.25) is 0 Å². The van der Waals surface area contributed by atoms with Crippen molar-refractivity contribution in [1.82, 2.24) is 0 Å². The summed E-state index contributed by atoms with van der Waals surface area (Å²) >= 11 is 5.96. The fraction of sp³-hybridized carbons (Fsp3) is 0.133. The number of benzene rings is 2. The van der Waals surface area contributed by atoms with Crippen molar-refractivity contribution in [2.24, 2.45) is 0 Å². The van der Waals surface area contributed by atoms with Crippen LogP contribution in [0.15, 0.2) is 36.4 Å². The van der Waals surface area contributed by atoms with Crippen LogP contribution in [0.4, 0.5) is 15.8 Å². The monoisotopic (exact) mass is 290 g/mol. The Labute approximate surface area is 120 Å². The minimum absolute atomic E-state index is 0.204. The van der Waals surface area contributed by atoms with E-state index < -0.39 is 6.04 Å². The third-order valence-electron chi connectivity index (χ3n) is 3.34. The van der Waals surface area contributed by atoms with Crippen molar-refractivity contribution < 1.29 is 9.18 Å². The fourth-order valence-corrected chi connectivity index (χ4v) is 2.45. The minimum Gasteiger partial charge on any atom is -0.370 e. The molecule has 1 aliphatic rings. The van der Waals surface area contributed by atoms with E-state index in [0.29, 0.717) is 16.3 Å². The molecule has 102 valence electrons. The number of carbonyl (C=O) groups is 1. The Bertz CT molecular complexity index is 702. The molecular formula is C15H12ClFN2O. The number of rotatable bonds is 2. The number of amides is 1. The van der Waals surface area contributed by atoms with Crippen molar-refractivity contribution in [3.63, 3.8) is 0 Å². The number of nitrogens with one attached hydrogen (secondary N) is 2. The Morgan fingerprint density at radius 3 is 2.85 bits per heavy atom. The molecule has 20 heavy (non-hydrogen) atoms. The highest BCUT2D eigenvalue weighted by Crippen LogP contribution is 2.34. The van der Waals surface area contributed by atoms with Gasteiger partial charge in [0.1, 0.15) is 11.9 Å². The van der Waals surface area contributed by atoms with Crippen LogP contribution in [-0.4, -0.2) is 5.91 Å². The van der Waals surface area contributed by atoms with Crippen LogP contribution < -0.4 is 10.6 Å². The highest BCUT2D eigenvalue weighted by atomic mass is 35.5. The molecule has 0 saturated carbocycles. The molecule has 2 aromatic rings. The van der Waals surface area contributed by atoms with E-state index in [1.165, 1.54) is 12.1 Å². The lowest BCUT2D eigenvalue weighted by Crippen LogP contribution is -2.20. The molecule has 5 heteroatoms. The zero-order valence-corrected chi connectivity index (χ0v) is 11.5. The smallest absolute Gasteiger partial charge is 0.251 e. The topological polar surface area (TPSA) is 41.1 Å². The van der Waals surface area contributed by atoms with Crippen LogP contribution in [0.25, 0.3) is 0 Å². The summed E-state index contributed by atoms with van der Waals surface area (Å²) in [5.74, 6) is -0.570. The summed E-state index contributed by atoms with van der Waals surface area (Å²) in [6.45, 7) is 1.91. The van der Waals surface area contributed by atoms with Gasteiger partial charge in [-0.25, -0.2) is 4.39 Å². The molecule has 2 aromatic carbocycles. The maximum absolute atomic E-state index is 13.4. The molecule has 1 aliphatic heterocycles. The summed E-state index contributed by atoms with van der Waals surface area (Å²) < 4.78 is 13.4. The molecular weight excluding hydrogens is 279 g/mol. The summed E-state index contributed by atoms with van der Waals surface area (Å²) in [5, 5.41) is 6.43. The second-order valence-corrected chi connectivity index (χ2v) is 5.19. The number of anilines is 2. The second kappa shape index (κ2) is 4.80. The lowest BCUT2D eigenvalue weighted by Gasteiger charge is -2.15. The van der Waals surface area contributed by atoms with Crippen molar-refractivity contribution in [3.8, 4) is 0 Å². The van der Waals surface area contributed by atoms with Crippen LogP contribution in [0.2, 0.25) is 5.02 Å². The number of halogens is 2. The van der Waals surface area contributed by atoms with Crippen LogP contribution in [0.5, 0.6) is 0 Å². The first-order valence-electron chi connectivity index (χ1n) is 6.17. The molecule has 1 heterocycles. The lowest BCUT2D eigenvalue weighted by atomic mass is 10.1. The quantitative estimate of drug-likeness (QED) is 0.881. The Morgan fingerprint density at radius 1 is 1.25 bits per heavy atom. The van der Waals surface area contributed by atoms with E-state index in [9.17, 15) is 9.18 Å². The van der Waals surface area contributed by atoms with Gasteiger partial charge in [0.15, 0.2) is 0 Å². The highest BCUT2D eigenvalue weighted by Gasteiger charge is 2.31. The molecule has 0 radical (unpaired) electrons. The van der Waals surface area contributed by atoms with Gasteiger partial charge >= 0.3 is 0 Å². The molecule has 0 fully saturated rings. The first kappa shape index (κ1) is 12.9. The van der Waals surface area contributed by atoms with Gasteiger partial charge in [-0.1, -0.05) is 17.7 Å². The van der Waals surface area contributed by atoms with Crippen LogP contribution in [0, 0.1) is 12.7 Å². The third-order valence-corrected chi connectivity index (χ3v) is 3.58. The van der Waals surface area contributed by atoms with Crippen LogP contribution in [0.1, 0.15) is 17.2 Å². The minimum atomic E-state index is -0.613. The molecule has 3 nitrogen and oxygen atoms in total. The normalized spacial score (nSPS) is 16.8. The van der Waals surface area contributed by atoms with Crippen LogP contribution in [-0.2, 0) is 4.79 Å². The summed E-state index contributed by atoms with van der Waals surface area (Å²) in [5.41, 5.74) is 2.96. The zero-order chi connectivity index (χ0) is 14.3. The van der Waals surface area contributed by atoms with E-state index in [1.54, 1.807) is 18.2 Å². The largest absolute Gasteiger partial charge is 0.370 e. The summed E-state index contributed by atoms with van der Waals surface area (Å²) in [4.78, 5) is 12.0. The number of hydrogen-bond acceptors (Lipinski definition) is 2. The van der Waals surface area contributed by atoms with Crippen molar-refractivity contribution in [1.29, 1.82) is 0 Å². The molecule has 1 amide bonds. The van der Waals surface area contributed by atoms with E-state index in [4.69, 9.17) is 11.6 Å². The summed E-state index contributed by atoms with van der Waals surface area (Å²) in [6.07, 6.45) is 0. The van der Waals surface area contributed by atoms with Gasteiger partial charge in [-0.3, -0.25) is 4.79 Å². The Hall–Kier alpha value is -2.07. The maximum Gasteiger partial charge on any atom is 0.251 e. The molecule has 2 N–H and O–H groups in total. The Morgan fingerprint density at radius 2 is 2.05 bits per heavy atom. The molecule has 0 saturated heterocycles. The predicted molar refractivity (Wildman–Crippen MR) is 77.6 cm³/mol. The van der Waals surface area contributed by atoms with Crippen LogP contribution >= 0.6 is 11.6 Å². The Kier molecular flexibility index (Phi) is 3.10. The first-order chi connectivity index (χ1) is 9.54. The van der Waals surface area contributed by atoms with Crippen LogP contribution in [0.3, 0.4) is 0 Å². The summed E-state index contributed by atoms with van der Waals surface area (Å²) in [6, 6.07) is 9.04. The molecule has 0 aromatic heterocycles. The van der Waals surface area contributed by atoms with E-state index in [1.807, 2.05) is 13.0 Å². The maximum atomic E-state index is 13.4. The van der Waals surface area contributed by atoms with Crippen molar-refractivity contribution in [2.45, 2.75) is 13.0 Å². The van der Waals surface area contributed by atoms with E-state index in [2.05, 4.69) is 10.6 Å². The average Bonchev–Trinajstić information content (AvgIpc) is 2.70. The number of aryl methyl sites for hydroxylation is 1. The van der Waals surface area contributed by atoms with Gasteiger partial charge in [0.25, 0.3) is 5.91 Å². The Balaban J connectivity index is 1.97. The van der Waals surface area contributed by atoms with E-state index >= 15 is 0 Å². The van der Waals surface area contributed by atoms with Gasteiger partial charge in [-0.15, -0.1) is 0 Å². The van der Waals surface area contributed by atoms with Gasteiger partial charge in [0.05, 0.1) is 0 Å². The zero-order valence-electron chi connectivity index (χ0n) is 10.7. The fourth-order valence-electron chi connectivity index (χ4n) is 2.28. The van der Waals surface area contributed by atoms with Gasteiger partial charge in [0, 0.05) is 22.0 Å². The van der Waals surface area contributed by atoms with Gasteiger partial charge in [-0.05, 0) is 42.8 Å². The molecule has 1 atom stereocenters. The van der Waals surface area contributed by atoms with Crippen molar-refractivity contribution >= 4 is 28.9 Å². The molecule has 0 aliphatic carbocycles. The van der Waals surface area contributed by atoms with Gasteiger partial charge in [-0.2, -0.15) is 0 Å². The predicted octanol–water partition coefficient (Wildman–Crippen LogP) is 3.89. The molecule has 1 unspecified atom stereocenters. The highest BCUT2D eigenvalue weighted by molar-refractivity contribution is 6.30. The lowest BCUT2D eigenvalue weighted by molar-refractivity contribution is -0.116. The molecule has 0 bridgehead atoms. The van der Waals surface area contributed by atoms with E-state index in [0.717, 1.165) is 11.3 Å². The van der Waals surface area contributed by atoms with E-state index in [-0.39, 0.29) is 11.7 Å². The number of fused-ring (bicyclic) bond motifs is 1. The summed E-state index contributed by atoms with van der Waals surface area (Å²) in [7, 11) is 0. The second-order valence-electron chi connectivity index (χ2n) is 4.76. The number of carbonyl (C=O) groups excluding carboxylic acids is 1.